The maximum absolute atomic E-state index is 13.5. The molecule has 0 fully saturated rings. The molecule has 0 bridgehead atoms. The molecular formula is C11H14FN3O5S. The Kier molecular flexibility index (Phi) is 5.33. The van der Waals surface area contributed by atoms with E-state index in [1.807, 2.05) is 0 Å². The molecule has 1 aromatic carbocycles. The quantitative estimate of drug-likeness (QED) is 0.606. The smallest absolute Gasteiger partial charge is 0.304 e. The fraction of sp³-hybridized carbons (Fsp3) is 0.364. The average Bonchev–Trinajstić information content (AvgIpc) is 2.38. The third-order valence-electron chi connectivity index (χ3n) is 2.56. The van der Waals surface area contributed by atoms with Gasteiger partial charge in [0, 0.05) is 25.7 Å². The molecule has 0 atom stereocenters. The Morgan fingerprint density at radius 2 is 2.10 bits per heavy atom. The molecule has 116 valence electrons. The first-order chi connectivity index (χ1) is 9.70. The first-order valence-electron chi connectivity index (χ1n) is 5.87. The van der Waals surface area contributed by atoms with E-state index in [9.17, 15) is 27.7 Å². The zero-order valence-corrected chi connectivity index (χ0v) is 12.2. The second kappa shape index (κ2) is 6.59. The molecular weight excluding hydrogens is 305 g/mol. The number of amides is 1. The molecule has 1 aromatic rings. The molecule has 1 N–H and O–H groups in total. The molecule has 0 radical (unpaired) electrons. The summed E-state index contributed by atoms with van der Waals surface area (Å²) in [7, 11) is -2.95. The number of benzene rings is 1. The Bertz CT molecular complexity index is 662. The fourth-order valence-corrected chi connectivity index (χ4v) is 2.66. The molecule has 0 heterocycles. The average molecular weight is 319 g/mol. The second-order valence-electron chi connectivity index (χ2n) is 4.08. The molecule has 0 aliphatic heterocycles. The minimum atomic E-state index is -4.11. The molecule has 1 amide bonds. The summed E-state index contributed by atoms with van der Waals surface area (Å²) in [5, 5.41) is 12.9. The van der Waals surface area contributed by atoms with Crippen LogP contribution in [0.3, 0.4) is 0 Å². The van der Waals surface area contributed by atoms with Crippen LogP contribution in [0.15, 0.2) is 23.1 Å². The third kappa shape index (κ3) is 3.95. The lowest BCUT2D eigenvalue weighted by Crippen LogP contribution is -2.38. The summed E-state index contributed by atoms with van der Waals surface area (Å²) in [6, 6.07) is 2.24. The number of hydrogen-bond donors (Lipinski definition) is 1. The summed E-state index contributed by atoms with van der Waals surface area (Å²) in [4.78, 5) is 20.4. The van der Waals surface area contributed by atoms with E-state index in [1.54, 1.807) is 6.92 Å². The van der Waals surface area contributed by atoms with Crippen molar-refractivity contribution in [2.45, 2.75) is 11.8 Å². The zero-order chi connectivity index (χ0) is 16.2. The van der Waals surface area contributed by atoms with Gasteiger partial charge in [-0.1, -0.05) is 0 Å². The van der Waals surface area contributed by atoms with Crippen LogP contribution in [-0.4, -0.2) is 43.7 Å². The van der Waals surface area contributed by atoms with E-state index in [0.29, 0.717) is 12.6 Å². The Hall–Kier alpha value is -2.07. The Labute approximate surface area is 120 Å². The van der Waals surface area contributed by atoms with Crippen LogP contribution in [0, 0.1) is 15.9 Å². The van der Waals surface area contributed by atoms with Gasteiger partial charge in [-0.15, -0.1) is 0 Å². The van der Waals surface area contributed by atoms with E-state index in [2.05, 4.69) is 5.32 Å². The minimum Gasteiger partial charge on any atom is -0.355 e. The maximum atomic E-state index is 13.5. The molecule has 0 aromatic heterocycles. The van der Waals surface area contributed by atoms with E-state index in [4.69, 9.17) is 0 Å². The largest absolute Gasteiger partial charge is 0.355 e. The lowest BCUT2D eigenvalue weighted by atomic mass is 10.3. The fourth-order valence-electron chi connectivity index (χ4n) is 1.52. The van der Waals surface area contributed by atoms with Gasteiger partial charge in [-0.2, -0.15) is 8.70 Å². The molecule has 0 saturated carbocycles. The number of carbonyl (C=O) groups excluding carboxylic acids is 1. The van der Waals surface area contributed by atoms with E-state index >= 15 is 0 Å². The van der Waals surface area contributed by atoms with Crippen molar-refractivity contribution in [3.05, 3.63) is 34.1 Å². The highest BCUT2D eigenvalue weighted by atomic mass is 32.2. The number of nitrogens with one attached hydrogen (secondary N) is 1. The number of hydrogen-bond acceptors (Lipinski definition) is 5. The monoisotopic (exact) mass is 319 g/mol. The predicted molar refractivity (Wildman–Crippen MR) is 71.6 cm³/mol. The van der Waals surface area contributed by atoms with Gasteiger partial charge in [0.25, 0.3) is 0 Å². The van der Waals surface area contributed by atoms with Crippen molar-refractivity contribution in [1.29, 1.82) is 0 Å². The van der Waals surface area contributed by atoms with Crippen LogP contribution in [-0.2, 0) is 14.8 Å². The first-order valence-corrected chi connectivity index (χ1v) is 7.31. The van der Waals surface area contributed by atoms with Gasteiger partial charge in [-0.05, 0) is 13.0 Å². The second-order valence-corrected chi connectivity index (χ2v) is 6.13. The summed E-state index contributed by atoms with van der Waals surface area (Å²) in [5.74, 6) is -1.77. The van der Waals surface area contributed by atoms with Gasteiger partial charge in [-0.3, -0.25) is 14.9 Å². The highest BCUT2D eigenvalue weighted by Gasteiger charge is 2.25. The van der Waals surface area contributed by atoms with Crippen LogP contribution in [0.25, 0.3) is 0 Å². The van der Waals surface area contributed by atoms with Gasteiger partial charge in [0.2, 0.25) is 21.7 Å². The summed E-state index contributed by atoms with van der Waals surface area (Å²) in [6.07, 6.45) is 0. The van der Waals surface area contributed by atoms with Crippen molar-refractivity contribution in [3.8, 4) is 0 Å². The van der Waals surface area contributed by atoms with Crippen molar-refractivity contribution in [2.24, 2.45) is 0 Å². The van der Waals surface area contributed by atoms with Crippen LogP contribution in [0.5, 0.6) is 0 Å². The molecule has 0 spiro atoms. The topological polar surface area (TPSA) is 110 Å². The standard InChI is InChI=1S/C11H14FN3O5S/c1-3-13-11(16)7-14(2)21(19,20)8-4-5-10(15(17)18)9(12)6-8/h4-6H,3,7H2,1-2H3,(H,13,16). The number of likely N-dealkylation sites (N-methyl/N-ethyl adjacent to an activating group) is 2. The highest BCUT2D eigenvalue weighted by molar-refractivity contribution is 7.89. The van der Waals surface area contributed by atoms with Gasteiger partial charge in [-0.25, -0.2) is 8.42 Å². The lowest BCUT2D eigenvalue weighted by Gasteiger charge is -2.16. The van der Waals surface area contributed by atoms with E-state index in [0.717, 1.165) is 23.5 Å². The van der Waals surface area contributed by atoms with Crippen molar-refractivity contribution < 1.29 is 22.5 Å². The zero-order valence-electron chi connectivity index (χ0n) is 11.4. The number of carbonyl (C=O) groups is 1. The molecule has 10 heteroatoms. The Morgan fingerprint density at radius 3 is 2.57 bits per heavy atom. The number of nitro groups is 1. The normalized spacial score (nSPS) is 11.4. The predicted octanol–water partition coefficient (Wildman–Crippen LogP) is 0.491. The molecule has 0 unspecified atom stereocenters. The molecule has 0 aliphatic carbocycles. The number of nitro benzene ring substituents is 1. The number of sulfonamides is 1. The molecule has 21 heavy (non-hydrogen) atoms. The van der Waals surface area contributed by atoms with E-state index in [-0.39, 0.29) is 0 Å². The van der Waals surface area contributed by atoms with Crippen LogP contribution >= 0.6 is 0 Å². The Morgan fingerprint density at radius 1 is 1.48 bits per heavy atom. The number of nitrogens with zero attached hydrogens (tertiary/aromatic N) is 2. The lowest BCUT2D eigenvalue weighted by molar-refractivity contribution is -0.387. The van der Waals surface area contributed by atoms with E-state index in [1.165, 1.54) is 0 Å². The molecule has 1 rings (SSSR count). The van der Waals surface area contributed by atoms with E-state index < -0.39 is 43.8 Å². The van der Waals surface area contributed by atoms with Crippen LogP contribution in [0.1, 0.15) is 6.92 Å². The minimum absolute atomic E-state index is 0.346. The summed E-state index contributed by atoms with van der Waals surface area (Å²) >= 11 is 0. The molecule has 8 nitrogen and oxygen atoms in total. The van der Waals surface area contributed by atoms with Crippen molar-refractivity contribution in [3.63, 3.8) is 0 Å². The molecule has 0 aliphatic rings. The number of halogens is 1. The summed E-state index contributed by atoms with van der Waals surface area (Å²) < 4.78 is 38.4. The van der Waals surface area contributed by atoms with Crippen LogP contribution in [0.4, 0.5) is 10.1 Å². The van der Waals surface area contributed by atoms with Crippen molar-refractivity contribution in [1.82, 2.24) is 9.62 Å². The van der Waals surface area contributed by atoms with Crippen molar-refractivity contribution >= 4 is 21.6 Å². The number of rotatable bonds is 6. The van der Waals surface area contributed by atoms with Crippen LogP contribution in [0.2, 0.25) is 0 Å². The van der Waals surface area contributed by atoms with Crippen LogP contribution < -0.4 is 5.32 Å². The van der Waals surface area contributed by atoms with Gasteiger partial charge in [0.1, 0.15) is 0 Å². The van der Waals surface area contributed by atoms with Gasteiger partial charge < -0.3 is 5.32 Å². The third-order valence-corrected chi connectivity index (χ3v) is 4.36. The van der Waals surface area contributed by atoms with Gasteiger partial charge in [0.05, 0.1) is 16.4 Å². The van der Waals surface area contributed by atoms with Gasteiger partial charge in [0.15, 0.2) is 0 Å². The first kappa shape index (κ1) is 17.0. The summed E-state index contributed by atoms with van der Waals surface area (Å²) in [5.41, 5.74) is -0.819. The Balaban J connectivity index is 3.05. The molecule has 0 saturated heterocycles. The summed E-state index contributed by atoms with van der Waals surface area (Å²) in [6.45, 7) is 1.59. The maximum Gasteiger partial charge on any atom is 0.304 e. The van der Waals surface area contributed by atoms with Crippen molar-refractivity contribution in [2.75, 3.05) is 20.1 Å². The highest BCUT2D eigenvalue weighted by Crippen LogP contribution is 2.22. The SMILES string of the molecule is CCNC(=O)CN(C)S(=O)(=O)c1ccc([N+](=O)[O-])c(F)c1. The van der Waals surface area contributed by atoms with Gasteiger partial charge >= 0.3 is 5.69 Å².